The number of pyridine rings is 1. The first-order valence-electron chi connectivity index (χ1n) is 5.60. The van der Waals surface area contributed by atoms with Crippen molar-refractivity contribution in [3.63, 3.8) is 0 Å². The fraction of sp³-hybridized carbons (Fsp3) is 0.182. The molecule has 2 rings (SSSR count). The lowest BCUT2D eigenvalue weighted by Crippen LogP contribution is -2.27. The first-order chi connectivity index (χ1) is 9.58. The van der Waals surface area contributed by atoms with Crippen LogP contribution in [0.25, 0.3) is 0 Å². The molecule has 2 aromatic rings. The van der Waals surface area contributed by atoms with Gasteiger partial charge < -0.3 is 10.4 Å². The monoisotopic (exact) mass is 339 g/mol. The van der Waals surface area contributed by atoms with E-state index < -0.39 is 5.97 Å². The number of halogens is 1. The highest BCUT2D eigenvalue weighted by Gasteiger charge is 2.10. The van der Waals surface area contributed by atoms with Crippen LogP contribution in [0, 0.1) is 0 Å². The second-order valence-corrected chi connectivity index (χ2v) is 4.52. The zero-order valence-corrected chi connectivity index (χ0v) is 11.7. The number of aromatic nitrogens is 4. The number of hydrogen-bond acceptors (Lipinski definition) is 5. The van der Waals surface area contributed by atoms with Crippen LogP contribution >= 0.6 is 15.9 Å². The summed E-state index contributed by atoms with van der Waals surface area (Å²) >= 11 is 3.19. The lowest BCUT2D eigenvalue weighted by molar-refractivity contribution is 0.0690. The summed E-state index contributed by atoms with van der Waals surface area (Å²) in [6.07, 6.45) is 2.87. The molecule has 2 heterocycles. The Morgan fingerprint density at radius 1 is 1.45 bits per heavy atom. The zero-order valence-electron chi connectivity index (χ0n) is 10.2. The predicted molar refractivity (Wildman–Crippen MR) is 71.3 cm³/mol. The number of carboxylic acids is 1. The molecule has 9 heteroatoms. The van der Waals surface area contributed by atoms with Gasteiger partial charge in [0.05, 0.1) is 18.3 Å². The predicted octanol–water partition coefficient (Wildman–Crippen LogP) is 0.564. The number of hydrogen-bond donors (Lipinski definition) is 2. The lowest BCUT2D eigenvalue weighted by atomic mass is 10.3. The quantitative estimate of drug-likeness (QED) is 0.770. The third kappa shape index (κ3) is 3.38. The van der Waals surface area contributed by atoms with Crippen molar-refractivity contribution in [3.8, 4) is 0 Å². The topological polar surface area (TPSA) is 110 Å². The third-order valence-electron chi connectivity index (χ3n) is 2.39. The third-order valence-corrected chi connectivity index (χ3v) is 3.02. The summed E-state index contributed by atoms with van der Waals surface area (Å²) in [5.74, 6) is -1.41. The van der Waals surface area contributed by atoms with Crippen LogP contribution in [0.5, 0.6) is 0 Å². The van der Waals surface area contributed by atoms with Crippen LogP contribution in [0.3, 0.4) is 0 Å². The standard InChI is InChI=1S/C11H10BrN5O3/c12-9-7(2-1-3-13-9)10(18)14-4-5-17-6-8(11(19)20)15-16-17/h1-3,6H,4-5H2,(H,14,18)(H,19,20). The molecule has 0 unspecified atom stereocenters. The van der Waals surface area contributed by atoms with Gasteiger partial charge in [-0.2, -0.15) is 0 Å². The average Bonchev–Trinajstić information content (AvgIpc) is 2.88. The normalized spacial score (nSPS) is 10.2. The minimum Gasteiger partial charge on any atom is -0.476 e. The Kier molecular flexibility index (Phi) is 4.41. The molecule has 0 aliphatic carbocycles. The number of rotatable bonds is 5. The van der Waals surface area contributed by atoms with E-state index in [4.69, 9.17) is 5.11 Å². The van der Waals surface area contributed by atoms with Crippen molar-refractivity contribution < 1.29 is 14.7 Å². The molecule has 2 N–H and O–H groups in total. The van der Waals surface area contributed by atoms with Crippen LogP contribution in [-0.4, -0.2) is 43.5 Å². The Morgan fingerprint density at radius 3 is 2.90 bits per heavy atom. The summed E-state index contributed by atoms with van der Waals surface area (Å²) in [6.45, 7) is 0.618. The Labute approximate surface area is 121 Å². The Hall–Kier alpha value is -2.29. The van der Waals surface area contributed by atoms with Crippen molar-refractivity contribution in [2.24, 2.45) is 0 Å². The number of carboxylic acid groups (broad SMARTS) is 1. The maximum absolute atomic E-state index is 11.8. The second kappa shape index (κ2) is 6.24. The van der Waals surface area contributed by atoms with Gasteiger partial charge in [0.1, 0.15) is 4.60 Å². The van der Waals surface area contributed by atoms with Gasteiger partial charge >= 0.3 is 5.97 Å². The van der Waals surface area contributed by atoms with Crippen molar-refractivity contribution in [3.05, 3.63) is 40.4 Å². The molecule has 20 heavy (non-hydrogen) atoms. The van der Waals surface area contributed by atoms with Crippen LogP contribution in [-0.2, 0) is 6.54 Å². The number of carbonyl (C=O) groups is 2. The molecule has 0 saturated heterocycles. The molecule has 8 nitrogen and oxygen atoms in total. The Bertz CT molecular complexity index is 642. The average molecular weight is 340 g/mol. The molecule has 0 atom stereocenters. The second-order valence-electron chi connectivity index (χ2n) is 3.77. The van der Waals surface area contributed by atoms with Gasteiger partial charge in [-0.1, -0.05) is 5.21 Å². The number of aromatic carboxylic acids is 1. The summed E-state index contributed by atoms with van der Waals surface area (Å²) in [6, 6.07) is 3.31. The first kappa shape index (κ1) is 14.1. The summed E-state index contributed by atoms with van der Waals surface area (Å²) in [7, 11) is 0. The summed E-state index contributed by atoms with van der Waals surface area (Å²) in [5, 5.41) is 18.5. The lowest BCUT2D eigenvalue weighted by Gasteiger charge is -2.05. The van der Waals surface area contributed by atoms with E-state index in [1.54, 1.807) is 18.3 Å². The molecule has 0 fully saturated rings. The van der Waals surface area contributed by atoms with Gasteiger partial charge in [-0.15, -0.1) is 5.10 Å². The Balaban J connectivity index is 1.88. The number of nitrogens with zero attached hydrogens (tertiary/aromatic N) is 4. The van der Waals surface area contributed by atoms with E-state index in [-0.39, 0.29) is 11.6 Å². The van der Waals surface area contributed by atoms with Gasteiger partial charge in [0.2, 0.25) is 0 Å². The van der Waals surface area contributed by atoms with Gasteiger partial charge in [0.15, 0.2) is 5.69 Å². The van der Waals surface area contributed by atoms with Crippen LogP contribution in [0.15, 0.2) is 29.1 Å². The molecular weight excluding hydrogens is 330 g/mol. The molecule has 0 saturated carbocycles. The first-order valence-corrected chi connectivity index (χ1v) is 6.39. The fourth-order valence-electron chi connectivity index (χ4n) is 1.44. The molecule has 0 bridgehead atoms. The summed E-state index contributed by atoms with van der Waals surface area (Å²) in [5.41, 5.74) is 0.295. The molecule has 0 spiro atoms. The van der Waals surface area contributed by atoms with E-state index in [0.29, 0.717) is 23.3 Å². The van der Waals surface area contributed by atoms with Crippen molar-refractivity contribution in [1.29, 1.82) is 0 Å². The van der Waals surface area contributed by atoms with Gasteiger partial charge in [-0.3, -0.25) is 4.79 Å². The molecule has 1 amide bonds. The van der Waals surface area contributed by atoms with Crippen LogP contribution in [0.4, 0.5) is 0 Å². The minimum atomic E-state index is -1.14. The summed E-state index contributed by atoms with van der Waals surface area (Å²) < 4.78 is 1.81. The maximum atomic E-state index is 11.8. The van der Waals surface area contributed by atoms with E-state index in [1.165, 1.54) is 10.9 Å². The molecule has 0 aliphatic rings. The van der Waals surface area contributed by atoms with Crippen LogP contribution in [0.1, 0.15) is 20.8 Å². The van der Waals surface area contributed by atoms with E-state index >= 15 is 0 Å². The summed E-state index contributed by atoms with van der Waals surface area (Å²) in [4.78, 5) is 26.4. The van der Waals surface area contributed by atoms with Crippen molar-refractivity contribution in [2.45, 2.75) is 6.54 Å². The SMILES string of the molecule is O=C(O)c1cn(CCNC(=O)c2cccnc2Br)nn1. The van der Waals surface area contributed by atoms with E-state index in [2.05, 4.69) is 36.5 Å². The highest BCUT2D eigenvalue weighted by atomic mass is 79.9. The molecular formula is C11H10BrN5O3. The number of amides is 1. The molecule has 104 valence electrons. The molecule has 0 aromatic carbocycles. The zero-order chi connectivity index (χ0) is 14.5. The van der Waals surface area contributed by atoms with Gasteiger partial charge in [-0.25, -0.2) is 14.5 Å². The largest absolute Gasteiger partial charge is 0.476 e. The maximum Gasteiger partial charge on any atom is 0.358 e. The van der Waals surface area contributed by atoms with E-state index in [1.807, 2.05) is 0 Å². The van der Waals surface area contributed by atoms with Gasteiger partial charge in [0.25, 0.3) is 5.91 Å². The van der Waals surface area contributed by atoms with Crippen molar-refractivity contribution in [2.75, 3.05) is 6.54 Å². The Morgan fingerprint density at radius 2 is 2.25 bits per heavy atom. The fourth-order valence-corrected chi connectivity index (χ4v) is 1.87. The number of carbonyl (C=O) groups excluding carboxylic acids is 1. The van der Waals surface area contributed by atoms with E-state index in [0.717, 1.165) is 0 Å². The molecule has 0 radical (unpaired) electrons. The van der Waals surface area contributed by atoms with E-state index in [9.17, 15) is 9.59 Å². The van der Waals surface area contributed by atoms with Gasteiger partial charge in [-0.05, 0) is 28.1 Å². The highest BCUT2D eigenvalue weighted by Crippen LogP contribution is 2.11. The highest BCUT2D eigenvalue weighted by molar-refractivity contribution is 9.10. The van der Waals surface area contributed by atoms with Crippen LogP contribution in [0.2, 0.25) is 0 Å². The molecule has 0 aliphatic heterocycles. The van der Waals surface area contributed by atoms with Crippen molar-refractivity contribution in [1.82, 2.24) is 25.3 Å². The molecule has 2 aromatic heterocycles. The van der Waals surface area contributed by atoms with Crippen molar-refractivity contribution >= 4 is 27.8 Å². The minimum absolute atomic E-state index is 0.133. The smallest absolute Gasteiger partial charge is 0.358 e. The van der Waals surface area contributed by atoms with Gasteiger partial charge in [0, 0.05) is 12.7 Å². The van der Waals surface area contributed by atoms with Crippen LogP contribution < -0.4 is 5.32 Å². The number of nitrogens with one attached hydrogen (secondary N) is 1.